The monoisotopic (exact) mass is 532 g/mol. The summed E-state index contributed by atoms with van der Waals surface area (Å²) in [6.45, 7) is 13.2. The smallest absolute Gasteiger partial charge is 0.475 e. The van der Waals surface area contributed by atoms with Gasteiger partial charge in [-0.25, -0.2) is 14.6 Å². The largest absolute Gasteiger partial charge is 0.490 e. The fourth-order valence-electron chi connectivity index (χ4n) is 4.15. The molecule has 15 heteroatoms. The second kappa shape index (κ2) is 11.9. The van der Waals surface area contributed by atoms with Gasteiger partial charge in [-0.15, -0.1) is 0 Å². The minimum absolute atomic E-state index is 0.0228. The Hall–Kier alpha value is -2.84. The lowest BCUT2D eigenvalue weighted by Crippen LogP contribution is -2.58. The highest BCUT2D eigenvalue weighted by Gasteiger charge is 2.47. The van der Waals surface area contributed by atoms with Gasteiger partial charge in [-0.2, -0.15) is 26.3 Å². The number of carbonyl (C=O) groups excluding carboxylic acids is 1. The molecule has 2 N–H and O–H groups in total. The van der Waals surface area contributed by atoms with Crippen LogP contribution in [0.5, 0.6) is 0 Å². The first kappa shape index (κ1) is 31.2. The molecular weight excluding hydrogens is 502 g/mol. The van der Waals surface area contributed by atoms with E-state index in [-0.39, 0.29) is 17.4 Å². The number of hydrogen-bond acceptors (Lipinski definition) is 5. The Kier molecular flexibility index (Phi) is 10.3. The van der Waals surface area contributed by atoms with Crippen LogP contribution in [0.3, 0.4) is 0 Å². The van der Waals surface area contributed by atoms with Gasteiger partial charge in [0.25, 0.3) is 0 Å². The van der Waals surface area contributed by atoms with E-state index in [4.69, 9.17) is 24.8 Å². The third-order valence-corrected chi connectivity index (χ3v) is 5.93. The van der Waals surface area contributed by atoms with Crippen molar-refractivity contribution in [2.75, 3.05) is 26.2 Å². The Morgan fingerprint density at radius 2 is 1.42 bits per heavy atom. The van der Waals surface area contributed by atoms with Crippen molar-refractivity contribution in [3.8, 4) is 0 Å². The Morgan fingerprint density at radius 1 is 0.972 bits per heavy atom. The third kappa shape index (κ3) is 7.58. The molecule has 0 atom stereocenters. The number of hydrogen-bond donors (Lipinski definition) is 2. The zero-order valence-electron chi connectivity index (χ0n) is 20.3. The zero-order chi connectivity index (χ0) is 28.1. The molecule has 0 bridgehead atoms. The van der Waals surface area contributed by atoms with Gasteiger partial charge >= 0.3 is 24.3 Å². The Morgan fingerprint density at radius 3 is 1.78 bits per heavy atom. The normalized spacial score (nSPS) is 17.5. The van der Waals surface area contributed by atoms with Crippen molar-refractivity contribution < 1.29 is 50.9 Å². The topological polar surface area (TPSA) is 116 Å². The summed E-state index contributed by atoms with van der Waals surface area (Å²) in [5.74, 6) is -3.92. The fourth-order valence-corrected chi connectivity index (χ4v) is 4.15. The SMILES string of the molecule is CCN1CCn2c(C)cnc2C12CCN(C(=O)C(C)C)CC2.O=C(O)C(F)(F)F.O=C(O)C(F)(F)F. The summed E-state index contributed by atoms with van der Waals surface area (Å²) in [4.78, 5) is 39.4. The first-order valence-electron chi connectivity index (χ1n) is 11.0. The van der Waals surface area contributed by atoms with E-state index in [0.717, 1.165) is 45.6 Å². The van der Waals surface area contributed by atoms with Gasteiger partial charge in [0.05, 0.1) is 5.54 Å². The van der Waals surface area contributed by atoms with Crippen LogP contribution in [0.2, 0.25) is 0 Å². The average Bonchev–Trinajstić information content (AvgIpc) is 3.15. The van der Waals surface area contributed by atoms with E-state index >= 15 is 0 Å². The lowest BCUT2D eigenvalue weighted by molar-refractivity contribution is -0.193. The zero-order valence-corrected chi connectivity index (χ0v) is 20.3. The second-order valence-corrected chi connectivity index (χ2v) is 8.57. The molecule has 206 valence electrons. The van der Waals surface area contributed by atoms with E-state index in [1.54, 1.807) is 0 Å². The summed E-state index contributed by atoms with van der Waals surface area (Å²) in [6, 6.07) is 0. The highest BCUT2D eigenvalue weighted by molar-refractivity contribution is 5.78. The number of aliphatic carboxylic acids is 2. The first-order valence-corrected chi connectivity index (χ1v) is 11.0. The number of nitrogens with zero attached hydrogens (tertiary/aromatic N) is 4. The number of aryl methyl sites for hydroxylation is 1. The molecule has 36 heavy (non-hydrogen) atoms. The number of alkyl halides is 6. The number of imidazole rings is 1. The summed E-state index contributed by atoms with van der Waals surface area (Å²) >= 11 is 0. The van der Waals surface area contributed by atoms with Crippen molar-refractivity contribution in [3.05, 3.63) is 17.7 Å². The molecule has 2 aliphatic rings. The molecule has 1 aromatic rings. The van der Waals surface area contributed by atoms with Gasteiger partial charge in [0.15, 0.2) is 0 Å². The molecule has 3 rings (SSSR count). The summed E-state index contributed by atoms with van der Waals surface area (Å²) in [5.41, 5.74) is 1.28. The number of halogens is 6. The number of likely N-dealkylation sites (tertiary alicyclic amines) is 1. The van der Waals surface area contributed by atoms with Gasteiger partial charge in [-0.05, 0) is 26.3 Å². The van der Waals surface area contributed by atoms with E-state index in [1.807, 2.05) is 24.9 Å². The number of carboxylic acid groups (broad SMARTS) is 2. The Bertz CT molecular complexity index is 897. The van der Waals surface area contributed by atoms with Gasteiger partial charge < -0.3 is 19.7 Å². The maximum Gasteiger partial charge on any atom is 0.490 e. The molecule has 1 saturated heterocycles. The molecule has 0 unspecified atom stereocenters. The maximum absolute atomic E-state index is 12.3. The van der Waals surface area contributed by atoms with Gasteiger partial charge in [-0.3, -0.25) is 9.69 Å². The van der Waals surface area contributed by atoms with Gasteiger partial charge in [-0.1, -0.05) is 20.8 Å². The quantitative estimate of drug-likeness (QED) is 0.562. The van der Waals surface area contributed by atoms with E-state index in [2.05, 4.69) is 23.3 Å². The van der Waals surface area contributed by atoms with E-state index in [9.17, 15) is 31.1 Å². The lowest BCUT2D eigenvalue weighted by Gasteiger charge is -2.51. The lowest BCUT2D eigenvalue weighted by atomic mass is 9.83. The van der Waals surface area contributed by atoms with Crippen LogP contribution in [-0.4, -0.2) is 85.9 Å². The molecule has 3 heterocycles. The number of aromatic nitrogens is 2. The van der Waals surface area contributed by atoms with Crippen molar-refractivity contribution in [1.29, 1.82) is 0 Å². The third-order valence-electron chi connectivity index (χ3n) is 5.93. The predicted octanol–water partition coefficient (Wildman–Crippen LogP) is 3.27. The molecule has 0 saturated carbocycles. The standard InChI is InChI=1S/C17H28N4O.2C2HF3O2/c1-5-20-10-11-21-14(4)12-18-16(21)17(20)6-8-19(9-7-17)15(22)13(2)3;2*3-2(4,5)1(6)7/h12-13H,5-11H2,1-4H3;2*(H,6,7). The molecule has 1 fully saturated rings. The second-order valence-electron chi connectivity index (χ2n) is 8.57. The molecular formula is C21H30F6N4O5. The van der Waals surface area contributed by atoms with Crippen molar-refractivity contribution in [2.24, 2.45) is 5.92 Å². The number of amides is 1. The number of carboxylic acids is 2. The summed E-state index contributed by atoms with van der Waals surface area (Å²) in [5, 5.41) is 14.2. The number of rotatable bonds is 2. The van der Waals surface area contributed by atoms with Gasteiger partial charge in [0.2, 0.25) is 5.91 Å². The Labute approximate surface area is 203 Å². The van der Waals surface area contributed by atoms with Crippen molar-refractivity contribution in [1.82, 2.24) is 19.4 Å². The van der Waals surface area contributed by atoms with Gasteiger partial charge in [0.1, 0.15) is 5.82 Å². The Balaban J connectivity index is 0.000000383. The minimum atomic E-state index is -5.08. The number of carbonyl (C=O) groups is 3. The molecule has 9 nitrogen and oxygen atoms in total. The summed E-state index contributed by atoms with van der Waals surface area (Å²) in [6.07, 6.45) is -6.17. The molecule has 2 aliphatic heterocycles. The minimum Gasteiger partial charge on any atom is -0.475 e. The number of piperidine rings is 1. The molecule has 0 aliphatic carbocycles. The molecule has 1 amide bonds. The van der Waals surface area contributed by atoms with E-state index in [0.29, 0.717) is 0 Å². The van der Waals surface area contributed by atoms with Crippen molar-refractivity contribution >= 4 is 17.8 Å². The highest BCUT2D eigenvalue weighted by atomic mass is 19.4. The first-order chi connectivity index (χ1) is 16.4. The van der Waals surface area contributed by atoms with E-state index < -0.39 is 24.3 Å². The maximum atomic E-state index is 12.3. The van der Waals surface area contributed by atoms with Gasteiger partial charge in [0, 0.05) is 44.0 Å². The molecule has 1 aromatic heterocycles. The number of likely N-dealkylation sites (N-methyl/N-ethyl adjacent to an activating group) is 1. The predicted molar refractivity (Wildman–Crippen MR) is 114 cm³/mol. The van der Waals surface area contributed by atoms with E-state index in [1.165, 1.54) is 11.5 Å². The van der Waals surface area contributed by atoms with Crippen LogP contribution in [0.4, 0.5) is 26.3 Å². The fraction of sp³-hybridized carbons (Fsp3) is 0.714. The van der Waals surface area contributed by atoms with Crippen LogP contribution in [0.1, 0.15) is 45.1 Å². The highest BCUT2D eigenvalue weighted by Crippen LogP contribution is 2.41. The van der Waals surface area contributed by atoms with Crippen LogP contribution in [0.15, 0.2) is 6.20 Å². The van der Waals surface area contributed by atoms with Crippen LogP contribution < -0.4 is 0 Å². The van der Waals surface area contributed by atoms with Crippen LogP contribution >= 0.6 is 0 Å². The van der Waals surface area contributed by atoms with Crippen molar-refractivity contribution in [2.45, 2.75) is 65.0 Å². The summed E-state index contributed by atoms with van der Waals surface area (Å²) in [7, 11) is 0. The molecule has 1 spiro atoms. The van der Waals surface area contributed by atoms with Crippen molar-refractivity contribution in [3.63, 3.8) is 0 Å². The summed E-state index contributed by atoms with van der Waals surface area (Å²) < 4.78 is 65.9. The molecule has 0 radical (unpaired) electrons. The number of fused-ring (bicyclic) bond motifs is 2. The molecule has 0 aromatic carbocycles. The van der Waals surface area contributed by atoms with Crippen LogP contribution in [0.25, 0.3) is 0 Å². The average molecular weight is 532 g/mol. The van der Waals surface area contributed by atoms with Crippen LogP contribution in [0, 0.1) is 12.8 Å². The van der Waals surface area contributed by atoms with Crippen LogP contribution in [-0.2, 0) is 26.5 Å².